The molecule has 12 heteroatoms. The first-order valence-corrected chi connectivity index (χ1v) is 6.64. The smallest absolute Gasteiger partial charge is 0.515 e. The van der Waals surface area contributed by atoms with Gasteiger partial charge in [-0.15, -0.1) is 4.57 Å². The molecule has 0 aromatic carbocycles. The third-order valence-electron chi connectivity index (χ3n) is 1.86. The van der Waals surface area contributed by atoms with Gasteiger partial charge in [-0.2, -0.15) is 13.2 Å². The fourth-order valence-electron chi connectivity index (χ4n) is 0.972. The summed E-state index contributed by atoms with van der Waals surface area (Å²) in [5, 5.41) is 11.4. The molecule has 0 saturated carbocycles. The summed E-state index contributed by atoms with van der Waals surface area (Å²) in [5.41, 5.74) is -5.65. The van der Waals surface area contributed by atoms with Crippen molar-refractivity contribution in [2.75, 3.05) is 0 Å². The van der Waals surface area contributed by atoms with Crippen LogP contribution in [0.25, 0.3) is 0 Å². The molecule has 110 valence electrons. The van der Waals surface area contributed by atoms with Crippen LogP contribution in [0.15, 0.2) is 0 Å². The number of hydrogen-bond donors (Lipinski definition) is 0. The van der Waals surface area contributed by atoms with Crippen LogP contribution in [0.4, 0.5) is 19.0 Å². The lowest BCUT2D eigenvalue weighted by Gasteiger charge is -2.08. The monoisotopic (exact) mass is 322 g/mol. The van der Waals surface area contributed by atoms with Crippen LogP contribution in [0.2, 0.25) is 0 Å². The van der Waals surface area contributed by atoms with Crippen molar-refractivity contribution in [2.45, 2.75) is 19.4 Å². The van der Waals surface area contributed by atoms with E-state index >= 15 is 0 Å². The van der Waals surface area contributed by atoms with Crippen LogP contribution < -0.4 is 4.57 Å². The number of nitro groups is 1. The molecule has 0 aliphatic carbocycles. The minimum atomic E-state index is -6.09. The highest BCUT2D eigenvalue weighted by Gasteiger charge is 2.36. The summed E-state index contributed by atoms with van der Waals surface area (Å²) in [6.07, 6.45) is 0. The maximum Gasteiger partial charge on any atom is 0.515 e. The lowest BCUT2D eigenvalue weighted by molar-refractivity contribution is -0.716. The Morgan fingerprint density at radius 3 is 1.79 bits per heavy atom. The number of hydrogen-bond acceptors (Lipinski definition) is 6. The van der Waals surface area contributed by atoms with E-state index in [1.165, 1.54) is 11.3 Å². The first kappa shape index (κ1) is 17.7. The van der Waals surface area contributed by atoms with Crippen LogP contribution in [0.3, 0.4) is 0 Å². The van der Waals surface area contributed by atoms with Gasteiger partial charge in [0, 0.05) is 6.92 Å². The van der Waals surface area contributed by atoms with E-state index in [9.17, 15) is 23.3 Å². The first-order valence-electron chi connectivity index (χ1n) is 4.41. The van der Waals surface area contributed by atoms with Gasteiger partial charge in [-0.1, -0.05) is 11.3 Å². The lowest BCUT2D eigenvalue weighted by Crippen LogP contribution is -2.31. The maximum absolute atomic E-state index is 10.7. The molecule has 0 bridgehead atoms. The third-order valence-corrected chi connectivity index (χ3v) is 3.49. The third kappa shape index (κ3) is 4.72. The zero-order valence-electron chi connectivity index (χ0n) is 9.89. The number of aromatic nitrogens is 1. The van der Waals surface area contributed by atoms with Gasteiger partial charge in [0.25, 0.3) is 0 Å². The van der Waals surface area contributed by atoms with Gasteiger partial charge in [-0.05, 0) is 6.92 Å². The van der Waals surface area contributed by atoms with E-state index in [-0.39, 0.29) is 10.7 Å². The number of alkyl halides is 3. The standard InChI is InChI=1S/C6H9N2O2S.CHF3O3S/c1-4-6(8(9)10)7(3)5(2)11-4;2-1(3,4)8(5,6)7/h1-3H3;(H,5,6,7)/q+1;/p-1. The Morgan fingerprint density at radius 2 is 1.68 bits per heavy atom. The second kappa shape index (κ2) is 5.79. The van der Waals surface area contributed by atoms with Gasteiger partial charge in [0.1, 0.15) is 12.0 Å². The summed E-state index contributed by atoms with van der Waals surface area (Å²) in [6, 6.07) is 0. The van der Waals surface area contributed by atoms with E-state index < -0.39 is 15.6 Å². The number of nitrogens with zero attached hydrogens (tertiary/aromatic N) is 2. The lowest BCUT2D eigenvalue weighted by atomic mass is 10.5. The summed E-state index contributed by atoms with van der Waals surface area (Å²) in [7, 11) is -4.38. The van der Waals surface area contributed by atoms with E-state index in [0.29, 0.717) is 0 Å². The van der Waals surface area contributed by atoms with Gasteiger partial charge < -0.3 is 4.55 Å². The number of aryl methyl sites for hydroxylation is 2. The fourth-order valence-corrected chi connectivity index (χ4v) is 1.94. The molecule has 1 rings (SSSR count). The summed E-state index contributed by atoms with van der Waals surface area (Å²) in [4.78, 5) is 10.9. The molecule has 0 radical (unpaired) electrons. The van der Waals surface area contributed by atoms with E-state index in [0.717, 1.165) is 9.88 Å². The first-order chi connectivity index (χ1) is 8.29. The summed E-state index contributed by atoms with van der Waals surface area (Å²) >= 11 is 1.45. The van der Waals surface area contributed by atoms with Crippen LogP contribution in [-0.4, -0.2) is 23.4 Å². The van der Waals surface area contributed by atoms with Crippen molar-refractivity contribution in [3.63, 3.8) is 0 Å². The maximum atomic E-state index is 10.7. The predicted molar refractivity (Wildman–Crippen MR) is 57.4 cm³/mol. The zero-order valence-corrected chi connectivity index (χ0v) is 11.5. The van der Waals surface area contributed by atoms with E-state index in [2.05, 4.69) is 0 Å². The van der Waals surface area contributed by atoms with Crippen LogP contribution >= 0.6 is 11.3 Å². The quantitative estimate of drug-likeness (QED) is 0.253. The van der Waals surface area contributed by atoms with Crippen molar-refractivity contribution in [2.24, 2.45) is 7.05 Å². The molecular formula is C7H9F3N2O5S2. The average Bonchev–Trinajstić information content (AvgIpc) is 2.38. The molecular weight excluding hydrogens is 313 g/mol. The Balaban J connectivity index is 0.000000362. The molecule has 1 aromatic rings. The fraction of sp³-hybridized carbons (Fsp3) is 0.571. The Morgan fingerprint density at radius 1 is 1.32 bits per heavy atom. The van der Waals surface area contributed by atoms with Gasteiger partial charge in [-0.25, -0.2) is 8.42 Å². The molecule has 0 aliphatic heterocycles. The molecule has 0 atom stereocenters. The molecule has 1 heterocycles. The number of thiazole rings is 1. The second-order valence-corrected chi connectivity index (χ2v) is 6.00. The van der Waals surface area contributed by atoms with Crippen molar-refractivity contribution in [1.29, 1.82) is 0 Å². The van der Waals surface area contributed by atoms with Gasteiger partial charge in [0.15, 0.2) is 15.0 Å². The van der Waals surface area contributed by atoms with Gasteiger partial charge >= 0.3 is 11.3 Å². The molecule has 0 unspecified atom stereocenters. The molecule has 1 aromatic heterocycles. The average molecular weight is 322 g/mol. The molecule has 0 amide bonds. The summed E-state index contributed by atoms with van der Waals surface area (Å²) in [5.74, 6) is 0.201. The van der Waals surface area contributed by atoms with Crippen LogP contribution in [0.5, 0.6) is 0 Å². The largest absolute Gasteiger partial charge is 0.741 e. The SMILES string of the molecule is Cc1sc(C)[n+](C)c1[N+](=O)[O-].O=S(=O)([O-])C(F)(F)F. The van der Waals surface area contributed by atoms with Gasteiger partial charge in [0.05, 0.1) is 0 Å². The molecule has 0 saturated heterocycles. The van der Waals surface area contributed by atoms with E-state index in [4.69, 9.17) is 13.0 Å². The Bertz CT molecular complexity index is 578. The van der Waals surface area contributed by atoms with Crippen LogP contribution in [0, 0.1) is 24.0 Å². The summed E-state index contributed by atoms with van der Waals surface area (Å²) in [6.45, 7) is 3.63. The number of rotatable bonds is 1. The highest BCUT2D eigenvalue weighted by molar-refractivity contribution is 7.86. The van der Waals surface area contributed by atoms with E-state index in [1.54, 1.807) is 18.5 Å². The predicted octanol–water partition coefficient (Wildman–Crippen LogP) is 1.15. The van der Waals surface area contributed by atoms with Crippen molar-refractivity contribution in [3.8, 4) is 0 Å². The zero-order chi connectivity index (χ0) is 15.6. The normalized spacial score (nSPS) is 11.7. The van der Waals surface area contributed by atoms with Crippen molar-refractivity contribution >= 4 is 27.3 Å². The van der Waals surface area contributed by atoms with Crippen LogP contribution in [0.1, 0.15) is 9.88 Å². The number of halogens is 3. The minimum Gasteiger partial charge on any atom is -0.741 e. The Labute approximate surface area is 110 Å². The molecule has 19 heavy (non-hydrogen) atoms. The highest BCUT2D eigenvalue weighted by atomic mass is 32.2. The Hall–Kier alpha value is -1.27. The van der Waals surface area contributed by atoms with Crippen molar-refractivity contribution in [3.05, 3.63) is 20.0 Å². The summed E-state index contributed by atoms with van der Waals surface area (Å²) < 4.78 is 60.5. The van der Waals surface area contributed by atoms with Crippen molar-refractivity contribution < 1.29 is 35.6 Å². The Kier molecular flexibility index (Phi) is 5.41. The van der Waals surface area contributed by atoms with Gasteiger partial charge in [0.2, 0.25) is 5.01 Å². The van der Waals surface area contributed by atoms with Crippen molar-refractivity contribution in [1.82, 2.24) is 0 Å². The molecule has 0 aliphatic rings. The molecule has 0 N–H and O–H groups in total. The highest BCUT2D eigenvalue weighted by Crippen LogP contribution is 2.20. The minimum absolute atomic E-state index is 0.201. The molecule has 0 fully saturated rings. The second-order valence-electron chi connectivity index (χ2n) is 3.22. The molecule has 0 spiro atoms. The topological polar surface area (TPSA) is 104 Å². The van der Waals surface area contributed by atoms with E-state index in [1.807, 2.05) is 6.92 Å². The molecule has 7 nitrogen and oxygen atoms in total. The van der Waals surface area contributed by atoms with Crippen LogP contribution in [-0.2, 0) is 17.2 Å². The van der Waals surface area contributed by atoms with Gasteiger partial charge in [-0.3, -0.25) is 10.1 Å².